The molecule has 1 aliphatic carbocycles. The van der Waals surface area contributed by atoms with Crippen LogP contribution in [0.4, 0.5) is 0 Å². The van der Waals surface area contributed by atoms with Gasteiger partial charge < -0.3 is 15.8 Å². The van der Waals surface area contributed by atoms with Crippen LogP contribution in [0.5, 0.6) is 0 Å². The van der Waals surface area contributed by atoms with E-state index < -0.39 is 0 Å². The summed E-state index contributed by atoms with van der Waals surface area (Å²) in [6.07, 6.45) is 6.09. The highest BCUT2D eigenvalue weighted by atomic mass is 16.5. The molecule has 3 fully saturated rings. The topological polar surface area (TPSA) is 67.6 Å². The van der Waals surface area contributed by atoms with E-state index in [0.29, 0.717) is 11.6 Å². The van der Waals surface area contributed by atoms with Crippen molar-refractivity contribution in [2.24, 2.45) is 5.73 Å². The molecule has 1 atom stereocenters. The van der Waals surface area contributed by atoms with Gasteiger partial charge >= 0.3 is 0 Å². The SMILES string of the molecule is NC(=O)c1ccc(CN2CCC3(CC2)CC(NC2CC2)CO3)cc1. The third-order valence-corrected chi connectivity index (χ3v) is 5.67. The summed E-state index contributed by atoms with van der Waals surface area (Å²) in [4.78, 5) is 13.6. The molecule has 24 heavy (non-hydrogen) atoms. The fraction of sp³-hybridized carbons (Fsp3) is 0.632. The number of nitrogens with zero attached hydrogens (tertiary/aromatic N) is 1. The lowest BCUT2D eigenvalue weighted by molar-refractivity contribution is -0.0449. The van der Waals surface area contributed by atoms with Crippen LogP contribution in [0.15, 0.2) is 24.3 Å². The van der Waals surface area contributed by atoms with Crippen molar-refractivity contribution in [3.05, 3.63) is 35.4 Å². The summed E-state index contributed by atoms with van der Waals surface area (Å²) in [6.45, 7) is 3.96. The van der Waals surface area contributed by atoms with Gasteiger partial charge in [-0.2, -0.15) is 0 Å². The van der Waals surface area contributed by atoms with Crippen molar-refractivity contribution in [1.82, 2.24) is 10.2 Å². The fourth-order valence-electron chi connectivity index (χ4n) is 4.03. The molecule has 1 saturated carbocycles. The first-order valence-corrected chi connectivity index (χ1v) is 9.13. The molecule has 130 valence electrons. The van der Waals surface area contributed by atoms with Crippen molar-refractivity contribution in [2.45, 2.75) is 56.3 Å². The number of ether oxygens (including phenoxy) is 1. The monoisotopic (exact) mass is 329 g/mol. The van der Waals surface area contributed by atoms with Crippen LogP contribution in [0.2, 0.25) is 0 Å². The quantitative estimate of drug-likeness (QED) is 0.862. The van der Waals surface area contributed by atoms with Crippen LogP contribution in [0.25, 0.3) is 0 Å². The minimum absolute atomic E-state index is 0.110. The lowest BCUT2D eigenvalue weighted by Crippen LogP contribution is -2.44. The first-order valence-electron chi connectivity index (χ1n) is 9.13. The number of benzene rings is 1. The van der Waals surface area contributed by atoms with E-state index in [0.717, 1.165) is 45.1 Å². The zero-order valence-electron chi connectivity index (χ0n) is 14.2. The lowest BCUT2D eigenvalue weighted by atomic mass is 9.87. The van der Waals surface area contributed by atoms with Crippen LogP contribution in [-0.2, 0) is 11.3 Å². The van der Waals surface area contributed by atoms with E-state index in [1.807, 2.05) is 24.3 Å². The number of hydrogen-bond acceptors (Lipinski definition) is 4. The number of nitrogens with two attached hydrogens (primary N) is 1. The van der Waals surface area contributed by atoms with E-state index in [1.165, 1.54) is 24.8 Å². The molecule has 1 aromatic carbocycles. The molecule has 2 heterocycles. The average molecular weight is 329 g/mol. The van der Waals surface area contributed by atoms with E-state index in [2.05, 4.69) is 10.2 Å². The highest BCUT2D eigenvalue weighted by Gasteiger charge is 2.43. The van der Waals surface area contributed by atoms with Crippen LogP contribution in [-0.4, -0.2) is 48.2 Å². The van der Waals surface area contributed by atoms with Gasteiger partial charge in [-0.05, 0) is 49.8 Å². The van der Waals surface area contributed by atoms with Crippen molar-refractivity contribution < 1.29 is 9.53 Å². The molecule has 1 unspecified atom stereocenters. The largest absolute Gasteiger partial charge is 0.373 e. The molecule has 5 nitrogen and oxygen atoms in total. The van der Waals surface area contributed by atoms with Crippen molar-refractivity contribution in [3.8, 4) is 0 Å². The van der Waals surface area contributed by atoms with Crippen LogP contribution >= 0.6 is 0 Å². The van der Waals surface area contributed by atoms with E-state index in [9.17, 15) is 4.79 Å². The Morgan fingerprint density at radius 2 is 1.92 bits per heavy atom. The first kappa shape index (κ1) is 16.1. The molecule has 3 N–H and O–H groups in total. The highest BCUT2D eigenvalue weighted by molar-refractivity contribution is 5.92. The van der Waals surface area contributed by atoms with E-state index in [-0.39, 0.29) is 11.5 Å². The normalized spacial score (nSPS) is 26.8. The molecular formula is C19H27N3O2. The summed E-state index contributed by atoms with van der Waals surface area (Å²) in [7, 11) is 0. The third-order valence-electron chi connectivity index (χ3n) is 5.67. The maximum Gasteiger partial charge on any atom is 0.248 e. The number of primary amides is 1. The number of piperidine rings is 1. The molecule has 1 aromatic rings. The number of carbonyl (C=O) groups is 1. The van der Waals surface area contributed by atoms with E-state index in [4.69, 9.17) is 10.5 Å². The lowest BCUT2D eigenvalue weighted by Gasteiger charge is -2.38. The summed E-state index contributed by atoms with van der Waals surface area (Å²) < 4.78 is 6.22. The van der Waals surface area contributed by atoms with E-state index >= 15 is 0 Å². The molecule has 1 amide bonds. The van der Waals surface area contributed by atoms with Crippen molar-refractivity contribution in [2.75, 3.05) is 19.7 Å². The molecule has 1 spiro atoms. The van der Waals surface area contributed by atoms with Gasteiger partial charge in [0.15, 0.2) is 0 Å². The number of nitrogens with one attached hydrogen (secondary N) is 1. The van der Waals surface area contributed by atoms with Crippen LogP contribution < -0.4 is 11.1 Å². The van der Waals surface area contributed by atoms with Gasteiger partial charge in [0.1, 0.15) is 0 Å². The summed E-state index contributed by atoms with van der Waals surface area (Å²) in [5.74, 6) is -0.366. The zero-order chi connectivity index (χ0) is 16.6. The van der Waals surface area contributed by atoms with Crippen LogP contribution in [0.3, 0.4) is 0 Å². The Morgan fingerprint density at radius 1 is 1.21 bits per heavy atom. The molecular weight excluding hydrogens is 302 g/mol. The second kappa shape index (κ2) is 6.47. The minimum Gasteiger partial charge on any atom is -0.373 e. The van der Waals surface area contributed by atoms with Gasteiger partial charge in [0.05, 0.1) is 12.2 Å². The predicted molar refractivity (Wildman–Crippen MR) is 92.7 cm³/mol. The third kappa shape index (κ3) is 3.63. The summed E-state index contributed by atoms with van der Waals surface area (Å²) >= 11 is 0. The Balaban J connectivity index is 1.27. The Labute approximate surface area is 143 Å². The predicted octanol–water partition coefficient (Wildman–Crippen LogP) is 1.66. The Kier molecular flexibility index (Phi) is 4.33. The maximum atomic E-state index is 11.1. The first-order chi connectivity index (χ1) is 11.6. The summed E-state index contributed by atoms with van der Waals surface area (Å²) in [6, 6.07) is 8.97. The molecule has 3 aliphatic rings. The van der Waals surface area contributed by atoms with Gasteiger partial charge in [-0.15, -0.1) is 0 Å². The Bertz CT molecular complexity index is 589. The molecule has 0 bridgehead atoms. The Hall–Kier alpha value is -1.43. The Morgan fingerprint density at radius 3 is 2.54 bits per heavy atom. The molecule has 2 aliphatic heterocycles. The van der Waals surface area contributed by atoms with Crippen LogP contribution in [0, 0.1) is 0 Å². The highest BCUT2D eigenvalue weighted by Crippen LogP contribution is 2.37. The van der Waals surface area contributed by atoms with Crippen LogP contribution in [0.1, 0.15) is 48.0 Å². The van der Waals surface area contributed by atoms with E-state index in [1.54, 1.807) is 0 Å². The number of likely N-dealkylation sites (tertiary alicyclic amines) is 1. The van der Waals surface area contributed by atoms with Gasteiger partial charge in [-0.25, -0.2) is 0 Å². The fourth-order valence-corrected chi connectivity index (χ4v) is 4.03. The minimum atomic E-state index is -0.366. The zero-order valence-corrected chi connectivity index (χ0v) is 14.2. The van der Waals surface area contributed by atoms with Gasteiger partial charge in [0, 0.05) is 37.3 Å². The number of carbonyl (C=O) groups excluding carboxylic acids is 1. The maximum absolute atomic E-state index is 11.1. The number of amides is 1. The van der Waals surface area contributed by atoms with Gasteiger partial charge in [0.25, 0.3) is 0 Å². The molecule has 2 saturated heterocycles. The standard InChI is InChI=1S/C19H27N3O2/c20-18(23)15-3-1-14(2-4-15)12-22-9-7-19(8-10-22)11-17(13-24-19)21-16-5-6-16/h1-4,16-17,21H,5-13H2,(H2,20,23). The van der Waals surface area contributed by atoms with Gasteiger partial charge in [0.2, 0.25) is 5.91 Å². The summed E-state index contributed by atoms with van der Waals surface area (Å²) in [5, 5.41) is 3.71. The number of hydrogen-bond donors (Lipinski definition) is 2. The second-order valence-electron chi connectivity index (χ2n) is 7.67. The van der Waals surface area contributed by atoms with Gasteiger partial charge in [-0.1, -0.05) is 12.1 Å². The van der Waals surface area contributed by atoms with Crippen molar-refractivity contribution >= 4 is 5.91 Å². The number of rotatable bonds is 5. The van der Waals surface area contributed by atoms with Crippen molar-refractivity contribution in [3.63, 3.8) is 0 Å². The second-order valence-corrected chi connectivity index (χ2v) is 7.67. The molecule has 5 heteroatoms. The smallest absolute Gasteiger partial charge is 0.248 e. The molecule has 4 rings (SSSR count). The van der Waals surface area contributed by atoms with Crippen molar-refractivity contribution in [1.29, 1.82) is 0 Å². The van der Waals surface area contributed by atoms with Gasteiger partial charge in [-0.3, -0.25) is 9.69 Å². The summed E-state index contributed by atoms with van der Waals surface area (Å²) in [5.41, 5.74) is 7.21. The average Bonchev–Trinajstić information content (AvgIpc) is 3.31. The molecule has 0 radical (unpaired) electrons. The molecule has 0 aromatic heterocycles.